The van der Waals surface area contributed by atoms with Crippen molar-refractivity contribution < 1.29 is 17.9 Å². The van der Waals surface area contributed by atoms with Crippen LogP contribution < -0.4 is 14.8 Å². The van der Waals surface area contributed by atoms with E-state index in [4.69, 9.17) is 4.74 Å². The molecule has 138 valence electrons. The molecule has 1 aromatic rings. The van der Waals surface area contributed by atoms with Crippen LogP contribution in [0.1, 0.15) is 38.2 Å². The third-order valence-electron chi connectivity index (χ3n) is 4.54. The maximum absolute atomic E-state index is 12.1. The maximum atomic E-state index is 12.1. The molecule has 0 aromatic heterocycles. The van der Waals surface area contributed by atoms with Crippen molar-refractivity contribution in [3.8, 4) is 5.75 Å². The van der Waals surface area contributed by atoms with E-state index in [9.17, 15) is 13.2 Å². The number of methoxy groups -OCH3 is 1. The van der Waals surface area contributed by atoms with Crippen LogP contribution in [0.4, 0.5) is 0 Å². The first-order valence-corrected chi connectivity index (χ1v) is 9.94. The SMILES string of the molecule is CNS(=O)(=O)c1cc(/C=C/C(=O)NC2CCC(C)CC2)ccc1OC. The molecule has 0 spiro atoms. The third-order valence-corrected chi connectivity index (χ3v) is 5.97. The molecular weight excluding hydrogens is 340 g/mol. The van der Waals surface area contributed by atoms with Crippen LogP contribution in [0.5, 0.6) is 5.75 Å². The summed E-state index contributed by atoms with van der Waals surface area (Å²) in [6, 6.07) is 4.99. The number of hydrogen-bond donors (Lipinski definition) is 2. The number of nitrogens with one attached hydrogen (secondary N) is 2. The molecule has 0 unspecified atom stereocenters. The Hall–Kier alpha value is -1.86. The Kier molecular flexibility index (Phi) is 6.61. The average molecular weight is 366 g/mol. The van der Waals surface area contributed by atoms with Crippen molar-refractivity contribution in [2.24, 2.45) is 5.92 Å². The summed E-state index contributed by atoms with van der Waals surface area (Å²) >= 11 is 0. The summed E-state index contributed by atoms with van der Waals surface area (Å²) in [7, 11) is -0.882. The van der Waals surface area contributed by atoms with Crippen LogP contribution in [-0.2, 0) is 14.8 Å². The van der Waals surface area contributed by atoms with Crippen LogP contribution in [0, 0.1) is 5.92 Å². The Morgan fingerprint density at radius 3 is 2.52 bits per heavy atom. The van der Waals surface area contributed by atoms with E-state index in [0.717, 1.165) is 31.6 Å². The van der Waals surface area contributed by atoms with Crippen molar-refractivity contribution in [2.75, 3.05) is 14.2 Å². The van der Waals surface area contributed by atoms with E-state index >= 15 is 0 Å². The Balaban J connectivity index is 2.07. The van der Waals surface area contributed by atoms with Crippen molar-refractivity contribution >= 4 is 22.0 Å². The van der Waals surface area contributed by atoms with E-state index < -0.39 is 10.0 Å². The van der Waals surface area contributed by atoms with Gasteiger partial charge in [-0.25, -0.2) is 13.1 Å². The lowest BCUT2D eigenvalue weighted by molar-refractivity contribution is -0.117. The molecule has 1 amide bonds. The number of sulfonamides is 1. The zero-order chi connectivity index (χ0) is 18.4. The number of benzene rings is 1. The second-order valence-corrected chi connectivity index (χ2v) is 8.27. The Morgan fingerprint density at radius 1 is 1.24 bits per heavy atom. The van der Waals surface area contributed by atoms with Gasteiger partial charge in [0.15, 0.2) is 0 Å². The topological polar surface area (TPSA) is 84.5 Å². The van der Waals surface area contributed by atoms with Gasteiger partial charge in [-0.3, -0.25) is 4.79 Å². The lowest BCUT2D eigenvalue weighted by Crippen LogP contribution is -2.36. The number of carbonyl (C=O) groups excluding carboxylic acids is 1. The van der Waals surface area contributed by atoms with Crippen LogP contribution in [0.25, 0.3) is 6.08 Å². The minimum atomic E-state index is -3.64. The van der Waals surface area contributed by atoms with Gasteiger partial charge >= 0.3 is 0 Å². The molecule has 1 fully saturated rings. The highest BCUT2D eigenvalue weighted by Gasteiger charge is 2.19. The lowest BCUT2D eigenvalue weighted by atomic mass is 9.87. The quantitative estimate of drug-likeness (QED) is 0.757. The van der Waals surface area contributed by atoms with Crippen molar-refractivity contribution in [3.05, 3.63) is 29.8 Å². The fourth-order valence-corrected chi connectivity index (χ4v) is 3.87. The standard InChI is InChI=1S/C18H26N2O4S/c1-13-4-8-15(9-5-13)20-18(21)11-7-14-6-10-16(24-3)17(12-14)25(22,23)19-2/h6-7,10-13,15,19H,4-5,8-9H2,1-3H3,(H,20,21)/b11-7+. The first kappa shape index (κ1) is 19.5. The zero-order valence-corrected chi connectivity index (χ0v) is 15.7. The minimum Gasteiger partial charge on any atom is -0.495 e. The molecule has 0 bridgehead atoms. The predicted octanol–water partition coefficient (Wildman–Crippen LogP) is 2.31. The van der Waals surface area contributed by atoms with Crippen LogP contribution in [0.15, 0.2) is 29.2 Å². The molecule has 25 heavy (non-hydrogen) atoms. The first-order chi connectivity index (χ1) is 11.9. The average Bonchev–Trinajstić information content (AvgIpc) is 2.61. The zero-order valence-electron chi connectivity index (χ0n) is 14.9. The number of hydrogen-bond acceptors (Lipinski definition) is 4. The van der Waals surface area contributed by atoms with Gasteiger partial charge in [-0.2, -0.15) is 0 Å². The fraction of sp³-hybridized carbons (Fsp3) is 0.500. The number of amides is 1. The van der Waals surface area contributed by atoms with Gasteiger partial charge in [0.25, 0.3) is 0 Å². The molecule has 1 saturated carbocycles. The summed E-state index contributed by atoms with van der Waals surface area (Å²) in [4.78, 5) is 12.1. The largest absolute Gasteiger partial charge is 0.495 e. The molecule has 0 atom stereocenters. The number of carbonyl (C=O) groups is 1. The van der Waals surface area contributed by atoms with Gasteiger partial charge in [-0.05, 0) is 62.4 Å². The van der Waals surface area contributed by atoms with Gasteiger partial charge in [-0.15, -0.1) is 0 Å². The molecule has 0 heterocycles. The van der Waals surface area contributed by atoms with Crippen molar-refractivity contribution in [1.29, 1.82) is 0 Å². The summed E-state index contributed by atoms with van der Waals surface area (Å²) < 4.78 is 31.5. The molecule has 1 aliphatic carbocycles. The van der Waals surface area contributed by atoms with Gasteiger partial charge in [0.2, 0.25) is 15.9 Å². The highest BCUT2D eigenvalue weighted by molar-refractivity contribution is 7.89. The van der Waals surface area contributed by atoms with Crippen LogP contribution in [0.2, 0.25) is 0 Å². The molecule has 1 aliphatic rings. The van der Waals surface area contributed by atoms with Crippen LogP contribution >= 0.6 is 0 Å². The van der Waals surface area contributed by atoms with Gasteiger partial charge in [0.1, 0.15) is 10.6 Å². The normalized spacial score (nSPS) is 21.2. The predicted molar refractivity (Wildman–Crippen MR) is 97.8 cm³/mol. The Morgan fingerprint density at radius 2 is 1.92 bits per heavy atom. The highest BCUT2D eigenvalue weighted by Crippen LogP contribution is 2.25. The van der Waals surface area contributed by atoms with E-state index in [-0.39, 0.29) is 22.6 Å². The third kappa shape index (κ3) is 5.31. The van der Waals surface area contributed by atoms with E-state index in [1.165, 1.54) is 26.3 Å². The van der Waals surface area contributed by atoms with Crippen LogP contribution in [0.3, 0.4) is 0 Å². The molecule has 2 rings (SSSR count). The van der Waals surface area contributed by atoms with Crippen LogP contribution in [-0.4, -0.2) is 34.5 Å². The van der Waals surface area contributed by atoms with Gasteiger partial charge in [-0.1, -0.05) is 13.0 Å². The molecule has 0 aliphatic heterocycles. The van der Waals surface area contributed by atoms with Crippen molar-refractivity contribution in [2.45, 2.75) is 43.5 Å². The van der Waals surface area contributed by atoms with Crippen molar-refractivity contribution in [3.63, 3.8) is 0 Å². The second kappa shape index (κ2) is 8.49. The van der Waals surface area contributed by atoms with E-state index in [0.29, 0.717) is 5.56 Å². The summed E-state index contributed by atoms with van der Waals surface area (Å²) in [5.41, 5.74) is 0.613. The summed E-state index contributed by atoms with van der Waals surface area (Å²) in [6.45, 7) is 2.23. The first-order valence-electron chi connectivity index (χ1n) is 8.46. The molecule has 1 aromatic carbocycles. The van der Waals surface area contributed by atoms with Crippen molar-refractivity contribution in [1.82, 2.24) is 10.0 Å². The Labute approximate surface area is 149 Å². The summed E-state index contributed by atoms with van der Waals surface area (Å²) in [6.07, 6.45) is 7.34. The molecule has 6 nitrogen and oxygen atoms in total. The molecular formula is C18H26N2O4S. The van der Waals surface area contributed by atoms with E-state index in [1.54, 1.807) is 18.2 Å². The fourth-order valence-electron chi connectivity index (χ4n) is 2.94. The second-order valence-electron chi connectivity index (χ2n) is 6.42. The van der Waals surface area contributed by atoms with Gasteiger partial charge in [0.05, 0.1) is 7.11 Å². The summed E-state index contributed by atoms with van der Waals surface area (Å²) in [5, 5.41) is 3.01. The number of ether oxygens (including phenoxy) is 1. The number of rotatable bonds is 6. The smallest absolute Gasteiger partial charge is 0.244 e. The minimum absolute atomic E-state index is 0.0429. The lowest BCUT2D eigenvalue weighted by Gasteiger charge is -2.26. The van der Waals surface area contributed by atoms with E-state index in [2.05, 4.69) is 17.0 Å². The van der Waals surface area contributed by atoms with E-state index in [1.807, 2.05) is 0 Å². The highest BCUT2D eigenvalue weighted by atomic mass is 32.2. The van der Waals surface area contributed by atoms with Gasteiger partial charge in [0, 0.05) is 12.1 Å². The summed E-state index contributed by atoms with van der Waals surface area (Å²) in [5.74, 6) is 0.830. The molecule has 0 saturated heterocycles. The molecule has 7 heteroatoms. The molecule has 2 N–H and O–H groups in total. The molecule has 0 radical (unpaired) electrons. The van der Waals surface area contributed by atoms with Gasteiger partial charge < -0.3 is 10.1 Å². The maximum Gasteiger partial charge on any atom is 0.244 e. The monoisotopic (exact) mass is 366 g/mol. The Bertz CT molecular complexity index is 735.